The molecule has 4 aliphatic rings. The fourth-order valence-electron chi connectivity index (χ4n) is 3.34. The SMILES string of the molecule is c1cc2ccc1NCCCCCCOc1ccc(cc1)NCCCCCCO2. The molecule has 0 aromatic heterocycles. The van der Waals surface area contributed by atoms with Crippen molar-refractivity contribution >= 4 is 11.4 Å². The van der Waals surface area contributed by atoms with E-state index < -0.39 is 0 Å². The molecule has 0 atom stereocenters. The summed E-state index contributed by atoms with van der Waals surface area (Å²) in [5.41, 5.74) is 2.34. The molecular formula is C24H34N2O2. The first-order chi connectivity index (χ1) is 13.9. The van der Waals surface area contributed by atoms with Crippen LogP contribution in [0, 0.1) is 0 Å². The second kappa shape index (κ2) is 12.2. The molecule has 2 N–H and O–H groups in total. The van der Waals surface area contributed by atoms with E-state index in [2.05, 4.69) is 59.2 Å². The van der Waals surface area contributed by atoms with Crippen LogP contribution in [-0.4, -0.2) is 26.3 Å². The van der Waals surface area contributed by atoms with E-state index in [1.807, 2.05) is 0 Å². The lowest BCUT2D eigenvalue weighted by molar-refractivity contribution is 0.305. The molecule has 0 amide bonds. The number of ether oxygens (including phenoxy) is 2. The molecule has 0 unspecified atom stereocenters. The molecule has 0 fully saturated rings. The van der Waals surface area contributed by atoms with E-state index in [4.69, 9.17) is 9.47 Å². The number of hydrogen-bond donors (Lipinski definition) is 2. The quantitative estimate of drug-likeness (QED) is 0.577. The van der Waals surface area contributed by atoms with Crippen molar-refractivity contribution in [1.29, 1.82) is 0 Å². The lowest BCUT2D eigenvalue weighted by Gasteiger charge is -2.11. The van der Waals surface area contributed by atoms with E-state index >= 15 is 0 Å². The van der Waals surface area contributed by atoms with Crippen molar-refractivity contribution in [1.82, 2.24) is 0 Å². The Labute approximate surface area is 169 Å². The maximum atomic E-state index is 5.86. The smallest absolute Gasteiger partial charge is 0.119 e. The average molecular weight is 383 g/mol. The van der Waals surface area contributed by atoms with Crippen LogP contribution in [-0.2, 0) is 0 Å². The van der Waals surface area contributed by atoms with Crippen LogP contribution in [0.4, 0.5) is 11.4 Å². The molecule has 0 saturated heterocycles. The van der Waals surface area contributed by atoms with Crippen molar-refractivity contribution in [3.05, 3.63) is 48.5 Å². The molecule has 2 aromatic carbocycles. The molecule has 0 aliphatic carbocycles. The van der Waals surface area contributed by atoms with E-state index in [1.54, 1.807) is 0 Å². The van der Waals surface area contributed by atoms with Crippen LogP contribution in [0.5, 0.6) is 11.5 Å². The largest absolute Gasteiger partial charge is 0.494 e. The summed E-state index contributed by atoms with van der Waals surface area (Å²) in [7, 11) is 0. The maximum Gasteiger partial charge on any atom is 0.119 e. The number of rotatable bonds is 0. The van der Waals surface area contributed by atoms with Crippen molar-refractivity contribution in [3.8, 4) is 11.5 Å². The van der Waals surface area contributed by atoms with Gasteiger partial charge < -0.3 is 20.1 Å². The molecule has 0 radical (unpaired) electrons. The first kappa shape index (κ1) is 20.4. The maximum absolute atomic E-state index is 5.86. The van der Waals surface area contributed by atoms with Gasteiger partial charge in [0.1, 0.15) is 11.5 Å². The summed E-state index contributed by atoms with van der Waals surface area (Å²) in [6.45, 7) is 3.61. The van der Waals surface area contributed by atoms with Crippen LogP contribution in [0.2, 0.25) is 0 Å². The summed E-state index contributed by atoms with van der Waals surface area (Å²) in [5.74, 6) is 1.93. The Hall–Kier alpha value is -2.36. The van der Waals surface area contributed by atoms with Gasteiger partial charge in [-0.3, -0.25) is 0 Å². The Kier molecular flexibility index (Phi) is 8.86. The summed E-state index contributed by atoms with van der Waals surface area (Å²) in [6, 6.07) is 16.7. The van der Waals surface area contributed by atoms with Gasteiger partial charge in [-0.25, -0.2) is 0 Å². The second-order valence-corrected chi connectivity index (χ2v) is 7.43. The average Bonchev–Trinajstić information content (AvgIpc) is 2.73. The lowest BCUT2D eigenvalue weighted by atomic mass is 10.2. The third-order valence-electron chi connectivity index (χ3n) is 5.05. The molecule has 28 heavy (non-hydrogen) atoms. The number of anilines is 2. The standard InChI is InChI=1S/C24H34N2O2/c1-3-7-19-27-23-15-11-22(12-16-23)26-18-6-2-4-8-20-28-24-13-9-21(10-14-24)25-17-5-1/h9-16,25-26H,1-8,17-20H2. The Morgan fingerprint density at radius 1 is 0.464 bits per heavy atom. The topological polar surface area (TPSA) is 42.5 Å². The van der Waals surface area contributed by atoms with E-state index in [1.165, 1.54) is 49.9 Å². The Balaban J connectivity index is 1.45. The first-order valence-electron chi connectivity index (χ1n) is 10.8. The lowest BCUT2D eigenvalue weighted by Crippen LogP contribution is -2.04. The van der Waals surface area contributed by atoms with Gasteiger partial charge in [-0.05, 0) is 74.2 Å². The van der Waals surface area contributed by atoms with Gasteiger partial charge in [0.05, 0.1) is 13.2 Å². The minimum atomic E-state index is 0.793. The Morgan fingerprint density at radius 2 is 0.857 bits per heavy atom. The summed E-state index contributed by atoms with van der Waals surface area (Å²) >= 11 is 0. The van der Waals surface area contributed by atoms with Gasteiger partial charge in [-0.2, -0.15) is 0 Å². The fraction of sp³-hybridized carbons (Fsp3) is 0.500. The van der Waals surface area contributed by atoms with Crippen LogP contribution in [0.15, 0.2) is 48.5 Å². The zero-order valence-corrected chi connectivity index (χ0v) is 16.9. The molecule has 4 aliphatic heterocycles. The molecule has 0 saturated carbocycles. The highest BCUT2D eigenvalue weighted by atomic mass is 16.5. The van der Waals surface area contributed by atoms with E-state index in [0.29, 0.717) is 0 Å². The van der Waals surface area contributed by atoms with Crippen LogP contribution < -0.4 is 20.1 Å². The fourth-order valence-corrected chi connectivity index (χ4v) is 3.34. The monoisotopic (exact) mass is 382 g/mol. The van der Waals surface area contributed by atoms with Crippen LogP contribution in [0.25, 0.3) is 0 Å². The molecule has 6 rings (SSSR count). The second-order valence-electron chi connectivity index (χ2n) is 7.43. The molecule has 4 nitrogen and oxygen atoms in total. The molecule has 152 valence electrons. The predicted molar refractivity (Wildman–Crippen MR) is 118 cm³/mol. The summed E-state index contributed by atoms with van der Waals surface area (Å²) < 4.78 is 11.7. The minimum absolute atomic E-state index is 0.793. The van der Waals surface area contributed by atoms with E-state index in [9.17, 15) is 0 Å². The van der Waals surface area contributed by atoms with Gasteiger partial charge >= 0.3 is 0 Å². The number of hydrogen-bond acceptors (Lipinski definition) is 4. The van der Waals surface area contributed by atoms with E-state index in [-0.39, 0.29) is 0 Å². The van der Waals surface area contributed by atoms with Crippen molar-refractivity contribution in [2.75, 3.05) is 36.9 Å². The van der Waals surface area contributed by atoms with Gasteiger partial charge in [0, 0.05) is 24.5 Å². The van der Waals surface area contributed by atoms with Crippen molar-refractivity contribution < 1.29 is 9.47 Å². The van der Waals surface area contributed by atoms with Gasteiger partial charge in [0.2, 0.25) is 0 Å². The van der Waals surface area contributed by atoms with Gasteiger partial charge in [0.15, 0.2) is 0 Å². The predicted octanol–water partition coefficient (Wildman–Crippen LogP) is 6.10. The summed E-state index contributed by atoms with van der Waals surface area (Å²) in [5, 5.41) is 6.98. The first-order valence-corrected chi connectivity index (χ1v) is 10.8. The third kappa shape index (κ3) is 7.71. The van der Waals surface area contributed by atoms with Crippen molar-refractivity contribution in [2.24, 2.45) is 0 Å². The Morgan fingerprint density at radius 3 is 1.29 bits per heavy atom. The zero-order valence-electron chi connectivity index (χ0n) is 16.9. The van der Waals surface area contributed by atoms with Crippen molar-refractivity contribution in [2.45, 2.75) is 51.4 Å². The third-order valence-corrected chi connectivity index (χ3v) is 5.05. The number of benzene rings is 2. The molecule has 4 heterocycles. The molecular weight excluding hydrogens is 348 g/mol. The molecule has 4 bridgehead atoms. The van der Waals surface area contributed by atoms with Crippen molar-refractivity contribution in [3.63, 3.8) is 0 Å². The van der Waals surface area contributed by atoms with Gasteiger partial charge in [-0.1, -0.05) is 25.7 Å². The van der Waals surface area contributed by atoms with E-state index in [0.717, 1.165) is 50.6 Å². The normalized spacial score (nSPS) is 17.4. The Bertz CT molecular complexity index is 538. The molecule has 4 heteroatoms. The molecule has 2 aromatic rings. The highest BCUT2D eigenvalue weighted by molar-refractivity contribution is 5.47. The van der Waals surface area contributed by atoms with Crippen LogP contribution in [0.1, 0.15) is 51.4 Å². The van der Waals surface area contributed by atoms with Crippen LogP contribution >= 0.6 is 0 Å². The zero-order chi connectivity index (χ0) is 19.3. The number of nitrogens with one attached hydrogen (secondary N) is 2. The van der Waals surface area contributed by atoms with Gasteiger partial charge in [-0.15, -0.1) is 0 Å². The highest BCUT2D eigenvalue weighted by Gasteiger charge is 1.99. The van der Waals surface area contributed by atoms with Crippen LogP contribution in [0.3, 0.4) is 0 Å². The minimum Gasteiger partial charge on any atom is -0.494 e. The highest BCUT2D eigenvalue weighted by Crippen LogP contribution is 2.18. The summed E-state index contributed by atoms with van der Waals surface area (Å²) in [4.78, 5) is 0. The van der Waals surface area contributed by atoms with Gasteiger partial charge in [0.25, 0.3) is 0 Å². The molecule has 0 spiro atoms. The summed E-state index contributed by atoms with van der Waals surface area (Å²) in [6.07, 6.45) is 9.42.